The van der Waals surface area contributed by atoms with Crippen molar-refractivity contribution in [2.24, 2.45) is 0 Å². The number of hydrogen-bond acceptors (Lipinski definition) is 7. The van der Waals surface area contributed by atoms with Crippen LogP contribution in [0.2, 0.25) is 0 Å². The van der Waals surface area contributed by atoms with Gasteiger partial charge < -0.3 is 28.2 Å². The number of nitrogens with zero attached hydrogens (tertiary/aromatic N) is 1. The number of methoxy groups -OCH3 is 5. The molecular weight excluding hydrogens is 350 g/mol. The number of aromatic nitrogens is 1. The second-order valence-electron chi connectivity index (χ2n) is 5.89. The van der Waals surface area contributed by atoms with Crippen LogP contribution in [0.5, 0.6) is 28.7 Å². The summed E-state index contributed by atoms with van der Waals surface area (Å²) in [6.45, 7) is 0. The van der Waals surface area contributed by atoms with Crippen molar-refractivity contribution in [1.82, 2.24) is 5.16 Å². The molecule has 140 valence electrons. The van der Waals surface area contributed by atoms with E-state index in [1.54, 1.807) is 41.7 Å². The largest absolute Gasteiger partial charge is 0.493 e. The zero-order valence-electron chi connectivity index (χ0n) is 15.7. The Morgan fingerprint density at radius 3 is 1.74 bits per heavy atom. The van der Waals surface area contributed by atoms with E-state index in [9.17, 15) is 0 Å². The lowest BCUT2D eigenvalue weighted by molar-refractivity contribution is 0.327. The number of ether oxygens (including phenoxy) is 5. The van der Waals surface area contributed by atoms with Gasteiger partial charge in [-0.3, -0.25) is 0 Å². The molecule has 0 bridgehead atoms. The van der Waals surface area contributed by atoms with E-state index >= 15 is 0 Å². The Morgan fingerprint density at radius 1 is 0.630 bits per heavy atom. The maximum Gasteiger partial charge on any atom is 0.204 e. The fourth-order valence-electron chi connectivity index (χ4n) is 3.53. The number of benzene rings is 3. The number of fused-ring (bicyclic) bond motifs is 6. The predicted molar refractivity (Wildman–Crippen MR) is 102 cm³/mol. The standard InChI is InChI=1S/C20H19NO6/c1-22-14-6-10-11(7-15(14)23-2)13-9-21-27-18(13)17-12(10)8-16(24-3)19(25-4)20(17)26-5/h6-9H,1-5H3. The van der Waals surface area contributed by atoms with Crippen LogP contribution in [0, 0.1) is 0 Å². The van der Waals surface area contributed by atoms with Crippen LogP contribution in [0.3, 0.4) is 0 Å². The second kappa shape index (κ2) is 6.42. The third-order valence-corrected chi connectivity index (χ3v) is 4.73. The van der Waals surface area contributed by atoms with Gasteiger partial charge in [-0.05, 0) is 29.0 Å². The Kier molecular flexibility index (Phi) is 4.07. The van der Waals surface area contributed by atoms with Crippen molar-refractivity contribution in [2.75, 3.05) is 35.5 Å². The highest BCUT2D eigenvalue weighted by Crippen LogP contribution is 2.49. The quantitative estimate of drug-likeness (QED) is 0.489. The molecule has 0 unspecified atom stereocenters. The SMILES string of the molecule is COc1cc2c(cc1OC)c1cc(OC)c(OC)c(OC)c1c1oncc21. The maximum atomic E-state index is 5.67. The summed E-state index contributed by atoms with van der Waals surface area (Å²) in [5.41, 5.74) is 0.600. The van der Waals surface area contributed by atoms with Crippen LogP contribution >= 0.6 is 0 Å². The summed E-state index contributed by atoms with van der Waals surface area (Å²) in [7, 11) is 7.94. The zero-order chi connectivity index (χ0) is 19.1. The Hall–Kier alpha value is -3.35. The summed E-state index contributed by atoms with van der Waals surface area (Å²) in [4.78, 5) is 0. The molecular formula is C20H19NO6. The summed E-state index contributed by atoms with van der Waals surface area (Å²) >= 11 is 0. The molecule has 0 saturated heterocycles. The molecule has 0 N–H and O–H groups in total. The molecule has 0 spiro atoms. The van der Waals surface area contributed by atoms with Gasteiger partial charge in [0.2, 0.25) is 5.75 Å². The highest BCUT2D eigenvalue weighted by Gasteiger charge is 2.23. The van der Waals surface area contributed by atoms with Gasteiger partial charge in [0.05, 0.1) is 52.5 Å². The lowest BCUT2D eigenvalue weighted by Gasteiger charge is -2.17. The first kappa shape index (κ1) is 17.1. The average Bonchev–Trinajstić information content (AvgIpc) is 3.20. The van der Waals surface area contributed by atoms with Crippen LogP contribution in [0.1, 0.15) is 0 Å². The number of hydrogen-bond donors (Lipinski definition) is 0. The van der Waals surface area contributed by atoms with E-state index in [0.717, 1.165) is 26.9 Å². The highest BCUT2D eigenvalue weighted by atomic mass is 16.5. The zero-order valence-corrected chi connectivity index (χ0v) is 15.7. The highest BCUT2D eigenvalue weighted by molar-refractivity contribution is 6.26. The van der Waals surface area contributed by atoms with Crippen LogP contribution < -0.4 is 23.7 Å². The normalized spacial score (nSPS) is 11.1. The van der Waals surface area contributed by atoms with E-state index in [-0.39, 0.29) is 0 Å². The Morgan fingerprint density at radius 2 is 1.19 bits per heavy atom. The van der Waals surface area contributed by atoms with Crippen molar-refractivity contribution in [3.8, 4) is 28.7 Å². The van der Waals surface area contributed by atoms with Crippen molar-refractivity contribution in [2.45, 2.75) is 0 Å². The molecule has 0 atom stereocenters. The van der Waals surface area contributed by atoms with Gasteiger partial charge in [0, 0.05) is 5.39 Å². The van der Waals surface area contributed by atoms with E-state index < -0.39 is 0 Å². The molecule has 1 heterocycles. The van der Waals surface area contributed by atoms with Crippen molar-refractivity contribution in [3.63, 3.8) is 0 Å². The lowest BCUT2D eigenvalue weighted by Crippen LogP contribution is -1.97. The van der Waals surface area contributed by atoms with Gasteiger partial charge in [0.25, 0.3) is 0 Å². The van der Waals surface area contributed by atoms with Crippen molar-refractivity contribution in [3.05, 3.63) is 24.4 Å². The minimum absolute atomic E-state index is 0.491. The molecule has 27 heavy (non-hydrogen) atoms. The van der Waals surface area contributed by atoms with E-state index in [4.69, 9.17) is 28.2 Å². The smallest absolute Gasteiger partial charge is 0.204 e. The molecule has 0 aliphatic rings. The summed E-state index contributed by atoms with van der Waals surface area (Å²) in [5.74, 6) is 2.81. The molecule has 0 amide bonds. The molecule has 3 aromatic carbocycles. The first-order valence-electron chi connectivity index (χ1n) is 8.23. The molecule has 0 fully saturated rings. The predicted octanol–water partition coefficient (Wildman–Crippen LogP) is 4.18. The lowest BCUT2D eigenvalue weighted by atomic mass is 9.96. The van der Waals surface area contributed by atoms with Gasteiger partial charge in [-0.2, -0.15) is 0 Å². The van der Waals surface area contributed by atoms with Crippen LogP contribution in [-0.4, -0.2) is 40.7 Å². The second-order valence-corrected chi connectivity index (χ2v) is 5.89. The van der Waals surface area contributed by atoms with E-state index in [2.05, 4.69) is 5.16 Å². The minimum atomic E-state index is 0.491. The average molecular weight is 369 g/mol. The molecule has 0 aliphatic carbocycles. The van der Waals surface area contributed by atoms with Crippen LogP contribution in [-0.2, 0) is 0 Å². The molecule has 0 radical (unpaired) electrons. The summed E-state index contributed by atoms with van der Waals surface area (Å²) < 4.78 is 33.3. The monoisotopic (exact) mass is 369 g/mol. The van der Waals surface area contributed by atoms with Crippen LogP contribution in [0.25, 0.3) is 32.5 Å². The first-order chi connectivity index (χ1) is 13.2. The van der Waals surface area contributed by atoms with Crippen molar-refractivity contribution >= 4 is 32.5 Å². The minimum Gasteiger partial charge on any atom is -0.493 e. The van der Waals surface area contributed by atoms with Gasteiger partial charge in [-0.15, -0.1) is 0 Å². The Balaban J connectivity index is 2.31. The van der Waals surface area contributed by atoms with Crippen molar-refractivity contribution in [1.29, 1.82) is 0 Å². The van der Waals surface area contributed by atoms with Gasteiger partial charge in [-0.25, -0.2) is 0 Å². The van der Waals surface area contributed by atoms with Gasteiger partial charge in [0.1, 0.15) is 0 Å². The molecule has 0 aliphatic heterocycles. The maximum absolute atomic E-state index is 5.67. The molecule has 0 saturated carbocycles. The van der Waals surface area contributed by atoms with Crippen LogP contribution in [0.15, 0.2) is 28.9 Å². The van der Waals surface area contributed by atoms with Gasteiger partial charge in [-0.1, -0.05) is 5.16 Å². The van der Waals surface area contributed by atoms with E-state index in [1.807, 2.05) is 18.2 Å². The third-order valence-electron chi connectivity index (χ3n) is 4.73. The molecule has 4 aromatic rings. The molecule has 4 rings (SSSR count). The topological polar surface area (TPSA) is 72.2 Å². The fourth-order valence-corrected chi connectivity index (χ4v) is 3.53. The Bertz CT molecular complexity index is 1160. The first-order valence-corrected chi connectivity index (χ1v) is 8.23. The summed E-state index contributed by atoms with van der Waals surface area (Å²) in [6, 6.07) is 5.73. The molecule has 1 aromatic heterocycles. The van der Waals surface area contributed by atoms with Crippen LogP contribution in [0.4, 0.5) is 0 Å². The third kappa shape index (κ3) is 2.31. The number of rotatable bonds is 5. The van der Waals surface area contributed by atoms with Crippen molar-refractivity contribution < 1.29 is 28.2 Å². The summed E-state index contributed by atoms with van der Waals surface area (Å²) in [5, 5.41) is 8.30. The Labute approximate surface area is 155 Å². The van der Waals surface area contributed by atoms with E-state index in [0.29, 0.717) is 34.3 Å². The molecule has 7 heteroatoms. The summed E-state index contributed by atoms with van der Waals surface area (Å²) in [6.07, 6.45) is 1.68. The van der Waals surface area contributed by atoms with E-state index in [1.165, 1.54) is 0 Å². The van der Waals surface area contributed by atoms with Gasteiger partial charge in [0.15, 0.2) is 28.6 Å². The van der Waals surface area contributed by atoms with Gasteiger partial charge >= 0.3 is 0 Å². The molecule has 7 nitrogen and oxygen atoms in total. The fraction of sp³-hybridized carbons (Fsp3) is 0.250.